The van der Waals surface area contributed by atoms with Gasteiger partial charge in [-0.15, -0.1) is 0 Å². The third kappa shape index (κ3) is 4.27. The number of nitrogens with zero attached hydrogens (tertiary/aromatic N) is 1. The van der Waals surface area contributed by atoms with Crippen molar-refractivity contribution in [1.82, 2.24) is 0 Å². The van der Waals surface area contributed by atoms with Crippen LogP contribution < -0.4 is 15.3 Å². The van der Waals surface area contributed by atoms with Crippen LogP contribution in [0.5, 0.6) is 5.75 Å². The van der Waals surface area contributed by atoms with Crippen molar-refractivity contribution in [3.63, 3.8) is 0 Å². The van der Waals surface area contributed by atoms with Gasteiger partial charge in [-0.2, -0.15) is 5.10 Å². The molecule has 0 unspecified atom stereocenters. The molecule has 0 aliphatic heterocycles. The Hall–Kier alpha value is -2.45. The lowest BCUT2D eigenvalue weighted by atomic mass is 10.1. The molecule has 23 heavy (non-hydrogen) atoms. The fourth-order valence-corrected chi connectivity index (χ4v) is 2.34. The summed E-state index contributed by atoms with van der Waals surface area (Å²) in [4.78, 5) is 0.0148. The maximum absolute atomic E-state index is 13.7. The highest BCUT2D eigenvalue weighted by Gasteiger charge is 2.07. The minimum Gasteiger partial charge on any atom is -0.494 e. The minimum absolute atomic E-state index is 0.0148. The van der Waals surface area contributed by atoms with Crippen LogP contribution in [0.3, 0.4) is 0 Å². The highest BCUT2D eigenvalue weighted by atomic mass is 32.2. The Morgan fingerprint density at radius 3 is 2.39 bits per heavy atom. The molecule has 0 aliphatic rings. The predicted molar refractivity (Wildman–Crippen MR) is 86.6 cm³/mol. The van der Waals surface area contributed by atoms with E-state index in [4.69, 9.17) is 9.88 Å². The fraction of sp³-hybridized carbons (Fsp3) is 0.133. The molecule has 0 aliphatic carbocycles. The van der Waals surface area contributed by atoms with Crippen molar-refractivity contribution in [2.24, 2.45) is 10.2 Å². The number of nitrogens with two attached hydrogens (primary N) is 1. The summed E-state index contributed by atoms with van der Waals surface area (Å²) in [6, 6.07) is 10.3. The molecule has 0 fully saturated rings. The Bertz CT molecular complexity index is 834. The summed E-state index contributed by atoms with van der Waals surface area (Å²) in [6.07, 6.45) is 0. The van der Waals surface area contributed by atoms with E-state index in [1.165, 1.54) is 43.5 Å². The van der Waals surface area contributed by atoms with Crippen molar-refractivity contribution < 1.29 is 17.5 Å². The molecule has 8 heteroatoms. The third-order valence-electron chi connectivity index (χ3n) is 3.11. The van der Waals surface area contributed by atoms with E-state index in [0.717, 1.165) is 0 Å². The molecule has 0 atom stereocenters. The Kier molecular flexibility index (Phi) is 4.97. The first-order valence-electron chi connectivity index (χ1n) is 6.58. The van der Waals surface area contributed by atoms with Crippen LogP contribution in [0.2, 0.25) is 0 Å². The quantitative estimate of drug-likeness (QED) is 0.647. The molecule has 0 saturated heterocycles. The first-order valence-corrected chi connectivity index (χ1v) is 8.13. The van der Waals surface area contributed by atoms with Gasteiger partial charge in [-0.05, 0) is 49.4 Å². The number of primary sulfonamides is 1. The lowest BCUT2D eigenvalue weighted by molar-refractivity contribution is 0.386. The highest BCUT2D eigenvalue weighted by molar-refractivity contribution is 7.89. The average molecular weight is 337 g/mol. The third-order valence-corrected chi connectivity index (χ3v) is 4.03. The maximum Gasteiger partial charge on any atom is 0.238 e. The summed E-state index contributed by atoms with van der Waals surface area (Å²) >= 11 is 0. The van der Waals surface area contributed by atoms with Gasteiger partial charge in [-0.1, -0.05) is 0 Å². The molecule has 0 heterocycles. The summed E-state index contributed by atoms with van der Waals surface area (Å²) < 4.78 is 40.8. The molecule has 2 aromatic rings. The van der Waals surface area contributed by atoms with Crippen molar-refractivity contribution in [2.45, 2.75) is 11.8 Å². The molecule has 0 radical (unpaired) electrons. The zero-order valence-electron chi connectivity index (χ0n) is 12.6. The molecule has 2 aromatic carbocycles. The van der Waals surface area contributed by atoms with Crippen LogP contribution in [0.15, 0.2) is 52.5 Å². The Labute approximate surface area is 133 Å². The summed E-state index contributed by atoms with van der Waals surface area (Å²) in [7, 11) is -2.33. The topological polar surface area (TPSA) is 93.8 Å². The van der Waals surface area contributed by atoms with E-state index in [9.17, 15) is 12.8 Å². The molecule has 2 rings (SSSR count). The molecule has 122 valence electrons. The second-order valence-corrected chi connectivity index (χ2v) is 6.29. The Morgan fingerprint density at radius 1 is 1.22 bits per heavy atom. The molecular formula is C15H16FN3O3S. The lowest BCUT2D eigenvalue weighted by Crippen LogP contribution is -2.11. The molecule has 0 saturated carbocycles. The van der Waals surface area contributed by atoms with Gasteiger partial charge >= 0.3 is 0 Å². The van der Waals surface area contributed by atoms with Crippen LogP contribution in [-0.2, 0) is 10.0 Å². The number of ether oxygens (including phenoxy) is 1. The monoisotopic (exact) mass is 337 g/mol. The Morgan fingerprint density at radius 2 is 1.87 bits per heavy atom. The number of benzene rings is 2. The second-order valence-electron chi connectivity index (χ2n) is 4.73. The molecule has 0 bridgehead atoms. The summed E-state index contributed by atoms with van der Waals surface area (Å²) in [5.74, 6) is -0.315. The van der Waals surface area contributed by atoms with Crippen LogP contribution in [0.4, 0.5) is 10.1 Å². The predicted octanol–water partition coefficient (Wildman–Crippen LogP) is 2.32. The number of anilines is 1. The molecular weight excluding hydrogens is 321 g/mol. The number of hydrogen-bond acceptors (Lipinski definition) is 5. The summed E-state index contributed by atoms with van der Waals surface area (Å²) in [5, 5.41) is 9.15. The molecule has 6 nitrogen and oxygen atoms in total. The van der Waals surface area contributed by atoms with Crippen LogP contribution in [0.1, 0.15) is 12.5 Å². The van der Waals surface area contributed by atoms with Crippen molar-refractivity contribution >= 4 is 21.4 Å². The van der Waals surface area contributed by atoms with Crippen LogP contribution in [0, 0.1) is 5.82 Å². The van der Waals surface area contributed by atoms with Gasteiger partial charge in [-0.3, -0.25) is 5.43 Å². The van der Waals surface area contributed by atoms with Gasteiger partial charge in [0.15, 0.2) is 11.6 Å². The largest absolute Gasteiger partial charge is 0.494 e. The number of sulfonamides is 1. The number of nitrogens with one attached hydrogen (secondary N) is 1. The SMILES string of the molecule is COc1ccc(/C(C)=N/Nc2ccc(S(N)(=O)=O)cc2)cc1F. The standard InChI is InChI=1S/C15H16FN3O3S/c1-10(11-3-8-15(22-2)14(16)9-11)18-19-12-4-6-13(7-5-12)23(17,20)21/h3-9,19H,1-2H3,(H2,17,20,21)/b18-10+. The maximum atomic E-state index is 13.7. The van der Waals surface area contributed by atoms with Gasteiger partial charge < -0.3 is 4.74 Å². The molecule has 0 amide bonds. The van der Waals surface area contributed by atoms with Crippen molar-refractivity contribution in [2.75, 3.05) is 12.5 Å². The van der Waals surface area contributed by atoms with Crippen LogP contribution >= 0.6 is 0 Å². The number of hydrazone groups is 1. The lowest BCUT2D eigenvalue weighted by Gasteiger charge is -2.06. The summed E-state index contributed by atoms with van der Waals surface area (Å²) in [6.45, 7) is 1.72. The molecule has 0 spiro atoms. The fourth-order valence-electron chi connectivity index (χ4n) is 1.82. The van der Waals surface area contributed by atoms with Crippen LogP contribution in [-0.4, -0.2) is 21.2 Å². The van der Waals surface area contributed by atoms with E-state index in [-0.39, 0.29) is 10.6 Å². The average Bonchev–Trinajstić information content (AvgIpc) is 2.52. The van der Waals surface area contributed by atoms with Crippen molar-refractivity contribution in [3.05, 3.63) is 53.8 Å². The summed E-state index contributed by atoms with van der Waals surface area (Å²) in [5.41, 5.74) is 4.49. The smallest absolute Gasteiger partial charge is 0.238 e. The van der Waals surface area contributed by atoms with Crippen molar-refractivity contribution in [1.29, 1.82) is 0 Å². The second kappa shape index (κ2) is 6.76. The van der Waals surface area contributed by atoms with Gasteiger partial charge in [0.05, 0.1) is 23.4 Å². The van der Waals surface area contributed by atoms with Gasteiger partial charge in [0.1, 0.15) is 0 Å². The van der Waals surface area contributed by atoms with Crippen molar-refractivity contribution in [3.8, 4) is 5.75 Å². The minimum atomic E-state index is -3.72. The van der Waals surface area contributed by atoms with E-state index in [0.29, 0.717) is 17.0 Å². The molecule has 3 N–H and O–H groups in total. The molecule has 0 aromatic heterocycles. The van der Waals surface area contributed by atoms with E-state index in [1.807, 2.05) is 0 Å². The van der Waals surface area contributed by atoms with E-state index in [1.54, 1.807) is 13.0 Å². The van der Waals surface area contributed by atoms with E-state index in [2.05, 4.69) is 10.5 Å². The number of hydrogen-bond donors (Lipinski definition) is 2. The van der Waals surface area contributed by atoms with Gasteiger partial charge in [0.2, 0.25) is 10.0 Å². The van der Waals surface area contributed by atoms with Gasteiger partial charge in [-0.25, -0.2) is 17.9 Å². The van der Waals surface area contributed by atoms with Crippen LogP contribution in [0.25, 0.3) is 0 Å². The highest BCUT2D eigenvalue weighted by Crippen LogP contribution is 2.18. The number of rotatable bonds is 5. The van der Waals surface area contributed by atoms with E-state index >= 15 is 0 Å². The van der Waals surface area contributed by atoms with Gasteiger partial charge in [0.25, 0.3) is 0 Å². The Balaban J connectivity index is 2.14. The van der Waals surface area contributed by atoms with E-state index < -0.39 is 15.8 Å². The zero-order valence-corrected chi connectivity index (χ0v) is 13.4. The first kappa shape index (κ1) is 16.9. The first-order chi connectivity index (χ1) is 10.8. The number of halogens is 1. The normalized spacial score (nSPS) is 12.1. The number of methoxy groups -OCH3 is 1. The van der Waals surface area contributed by atoms with Gasteiger partial charge in [0, 0.05) is 5.56 Å². The zero-order chi connectivity index (χ0) is 17.0.